The number of benzene rings is 1. The van der Waals surface area contributed by atoms with Crippen molar-refractivity contribution in [1.29, 1.82) is 0 Å². The van der Waals surface area contributed by atoms with E-state index in [2.05, 4.69) is 44.9 Å². The fourth-order valence-electron chi connectivity index (χ4n) is 2.78. The van der Waals surface area contributed by atoms with E-state index < -0.39 is 6.09 Å². The van der Waals surface area contributed by atoms with Gasteiger partial charge in [-0.1, -0.05) is 22.0 Å². The van der Waals surface area contributed by atoms with Crippen LogP contribution in [0, 0.1) is 0 Å². The SMILES string of the molecule is O=C(O)N1CCC(n2ccc3ccc(Br)cc32)CC1. The van der Waals surface area contributed by atoms with Crippen LogP contribution in [0.5, 0.6) is 0 Å². The van der Waals surface area contributed by atoms with Crippen molar-refractivity contribution in [3.05, 3.63) is 34.9 Å². The Labute approximate surface area is 119 Å². The van der Waals surface area contributed by atoms with Gasteiger partial charge < -0.3 is 14.6 Å². The topological polar surface area (TPSA) is 45.5 Å². The Hall–Kier alpha value is -1.49. The first-order valence-corrected chi connectivity index (χ1v) is 7.18. The molecule has 1 fully saturated rings. The summed E-state index contributed by atoms with van der Waals surface area (Å²) in [7, 11) is 0. The minimum Gasteiger partial charge on any atom is -0.465 e. The molecule has 0 aliphatic carbocycles. The molecule has 4 nitrogen and oxygen atoms in total. The van der Waals surface area contributed by atoms with E-state index in [-0.39, 0.29) is 0 Å². The van der Waals surface area contributed by atoms with Crippen molar-refractivity contribution in [3.8, 4) is 0 Å². The van der Waals surface area contributed by atoms with E-state index in [1.807, 2.05) is 6.07 Å². The number of nitrogens with zero attached hydrogens (tertiary/aromatic N) is 2. The van der Waals surface area contributed by atoms with Gasteiger partial charge in [-0.2, -0.15) is 0 Å². The smallest absolute Gasteiger partial charge is 0.407 e. The Balaban J connectivity index is 1.85. The zero-order valence-electron chi connectivity index (χ0n) is 10.4. The molecule has 0 radical (unpaired) electrons. The quantitative estimate of drug-likeness (QED) is 0.869. The second-order valence-electron chi connectivity index (χ2n) is 4.93. The van der Waals surface area contributed by atoms with E-state index in [0.29, 0.717) is 19.1 Å². The fraction of sp³-hybridized carbons (Fsp3) is 0.357. The van der Waals surface area contributed by atoms with Crippen LogP contribution in [-0.2, 0) is 0 Å². The van der Waals surface area contributed by atoms with Crippen LogP contribution in [0.15, 0.2) is 34.9 Å². The molecule has 0 spiro atoms. The third kappa shape index (κ3) is 2.34. The van der Waals surface area contributed by atoms with E-state index >= 15 is 0 Å². The third-order valence-electron chi connectivity index (χ3n) is 3.81. The molecule has 1 saturated heterocycles. The summed E-state index contributed by atoms with van der Waals surface area (Å²) in [6, 6.07) is 8.77. The van der Waals surface area contributed by atoms with Gasteiger partial charge >= 0.3 is 6.09 Å². The molecule has 0 bridgehead atoms. The Bertz CT molecular complexity index is 615. The lowest BCUT2D eigenvalue weighted by molar-refractivity contribution is 0.126. The number of carbonyl (C=O) groups is 1. The Kier molecular flexibility index (Phi) is 3.22. The van der Waals surface area contributed by atoms with Gasteiger partial charge in [0, 0.05) is 35.3 Å². The number of aromatic nitrogens is 1. The summed E-state index contributed by atoms with van der Waals surface area (Å²) in [6.07, 6.45) is 3.06. The number of carboxylic acid groups (broad SMARTS) is 1. The molecule has 1 aliphatic heterocycles. The van der Waals surface area contributed by atoms with Crippen molar-refractivity contribution >= 4 is 32.9 Å². The van der Waals surface area contributed by atoms with Gasteiger partial charge in [0.15, 0.2) is 0 Å². The fourth-order valence-corrected chi connectivity index (χ4v) is 3.13. The van der Waals surface area contributed by atoms with Crippen molar-refractivity contribution in [1.82, 2.24) is 9.47 Å². The van der Waals surface area contributed by atoms with Gasteiger partial charge in [0.25, 0.3) is 0 Å². The zero-order chi connectivity index (χ0) is 13.4. The molecule has 0 unspecified atom stereocenters. The predicted molar refractivity (Wildman–Crippen MR) is 77.5 cm³/mol. The maximum Gasteiger partial charge on any atom is 0.407 e. The molecule has 1 amide bonds. The van der Waals surface area contributed by atoms with Crippen LogP contribution in [0.2, 0.25) is 0 Å². The van der Waals surface area contributed by atoms with Crippen molar-refractivity contribution in [2.75, 3.05) is 13.1 Å². The average Bonchev–Trinajstić information content (AvgIpc) is 2.81. The molecule has 2 heterocycles. The minimum atomic E-state index is -0.807. The van der Waals surface area contributed by atoms with Gasteiger partial charge in [-0.15, -0.1) is 0 Å². The lowest BCUT2D eigenvalue weighted by atomic mass is 10.1. The zero-order valence-corrected chi connectivity index (χ0v) is 12.0. The van der Waals surface area contributed by atoms with Crippen molar-refractivity contribution in [2.24, 2.45) is 0 Å². The van der Waals surface area contributed by atoms with Crippen LogP contribution in [0.4, 0.5) is 4.79 Å². The minimum absolute atomic E-state index is 0.391. The molecule has 1 aromatic heterocycles. The number of piperidine rings is 1. The molecule has 1 aliphatic rings. The Morgan fingerprint density at radius 2 is 2.00 bits per heavy atom. The standard InChI is InChI=1S/C14H15BrN2O2/c15-11-2-1-10-3-8-17(13(10)9-11)12-4-6-16(7-5-12)14(18)19/h1-3,8-9,12H,4-7H2,(H,18,19). The molecule has 0 atom stereocenters. The number of likely N-dealkylation sites (tertiary alicyclic amines) is 1. The summed E-state index contributed by atoms with van der Waals surface area (Å²) in [5.74, 6) is 0. The van der Waals surface area contributed by atoms with Gasteiger partial charge in [-0.3, -0.25) is 0 Å². The summed E-state index contributed by atoms with van der Waals surface area (Å²) in [5, 5.41) is 10.2. The molecule has 19 heavy (non-hydrogen) atoms. The van der Waals surface area contributed by atoms with Crippen molar-refractivity contribution < 1.29 is 9.90 Å². The predicted octanol–water partition coefficient (Wildman–Crippen LogP) is 3.72. The number of halogens is 1. The molecular weight excluding hydrogens is 308 g/mol. The Morgan fingerprint density at radius 3 is 2.68 bits per heavy atom. The largest absolute Gasteiger partial charge is 0.465 e. The summed E-state index contributed by atoms with van der Waals surface area (Å²) in [5.41, 5.74) is 1.21. The lowest BCUT2D eigenvalue weighted by Gasteiger charge is -2.31. The van der Waals surface area contributed by atoms with Gasteiger partial charge in [0.1, 0.15) is 0 Å². The number of hydrogen-bond acceptors (Lipinski definition) is 1. The van der Waals surface area contributed by atoms with Gasteiger partial charge in [0.05, 0.1) is 0 Å². The summed E-state index contributed by atoms with van der Waals surface area (Å²) in [4.78, 5) is 12.4. The van der Waals surface area contributed by atoms with Crippen LogP contribution in [0.1, 0.15) is 18.9 Å². The van der Waals surface area contributed by atoms with E-state index in [1.165, 1.54) is 15.8 Å². The van der Waals surface area contributed by atoms with Gasteiger partial charge in [0.2, 0.25) is 0 Å². The highest BCUT2D eigenvalue weighted by Gasteiger charge is 2.23. The average molecular weight is 323 g/mol. The van der Waals surface area contributed by atoms with Crippen molar-refractivity contribution in [3.63, 3.8) is 0 Å². The number of hydrogen-bond donors (Lipinski definition) is 1. The first-order chi connectivity index (χ1) is 9.15. The molecule has 5 heteroatoms. The van der Waals surface area contributed by atoms with Gasteiger partial charge in [-0.05, 0) is 36.4 Å². The van der Waals surface area contributed by atoms with Gasteiger partial charge in [-0.25, -0.2) is 4.79 Å². The molecular formula is C14H15BrN2O2. The van der Waals surface area contributed by atoms with Crippen LogP contribution < -0.4 is 0 Å². The first kappa shape index (κ1) is 12.5. The van der Waals surface area contributed by atoms with E-state index in [0.717, 1.165) is 17.3 Å². The monoisotopic (exact) mass is 322 g/mol. The summed E-state index contributed by atoms with van der Waals surface area (Å²) in [6.45, 7) is 1.24. The maximum absolute atomic E-state index is 10.9. The second-order valence-corrected chi connectivity index (χ2v) is 5.84. The summed E-state index contributed by atoms with van der Waals surface area (Å²) < 4.78 is 3.35. The van der Waals surface area contributed by atoms with E-state index in [4.69, 9.17) is 5.11 Å². The number of amides is 1. The van der Waals surface area contributed by atoms with E-state index in [9.17, 15) is 4.79 Å². The molecule has 1 aromatic carbocycles. The van der Waals surface area contributed by atoms with Crippen LogP contribution >= 0.6 is 15.9 Å². The molecule has 3 rings (SSSR count). The van der Waals surface area contributed by atoms with Crippen LogP contribution in [-0.4, -0.2) is 33.8 Å². The normalized spacial score (nSPS) is 17.0. The maximum atomic E-state index is 10.9. The molecule has 2 aromatic rings. The van der Waals surface area contributed by atoms with Crippen LogP contribution in [0.25, 0.3) is 10.9 Å². The highest BCUT2D eigenvalue weighted by molar-refractivity contribution is 9.10. The molecule has 1 N–H and O–H groups in total. The van der Waals surface area contributed by atoms with Crippen molar-refractivity contribution in [2.45, 2.75) is 18.9 Å². The summed E-state index contributed by atoms with van der Waals surface area (Å²) >= 11 is 3.50. The third-order valence-corrected chi connectivity index (χ3v) is 4.31. The number of fused-ring (bicyclic) bond motifs is 1. The highest BCUT2D eigenvalue weighted by Crippen LogP contribution is 2.29. The highest BCUT2D eigenvalue weighted by atomic mass is 79.9. The number of rotatable bonds is 1. The Morgan fingerprint density at radius 1 is 1.26 bits per heavy atom. The first-order valence-electron chi connectivity index (χ1n) is 6.39. The molecule has 100 valence electrons. The van der Waals surface area contributed by atoms with Crippen LogP contribution in [0.3, 0.4) is 0 Å². The second kappa shape index (κ2) is 4.89. The lowest BCUT2D eigenvalue weighted by Crippen LogP contribution is -2.37. The van der Waals surface area contributed by atoms with E-state index in [1.54, 1.807) is 0 Å². The molecule has 0 saturated carbocycles.